The molecule has 0 bridgehead atoms. The molecule has 1 aliphatic carbocycles. The van der Waals surface area contributed by atoms with Gasteiger partial charge in [-0.1, -0.05) is 0 Å². The predicted octanol–water partition coefficient (Wildman–Crippen LogP) is 3.09. The van der Waals surface area contributed by atoms with Gasteiger partial charge in [0, 0.05) is 12.1 Å². The fraction of sp³-hybridized carbons (Fsp3) is 0.500. The molecule has 0 saturated heterocycles. The van der Waals surface area contributed by atoms with Crippen LogP contribution in [-0.2, 0) is 4.74 Å². The number of nitro benzene ring substituents is 1. The summed E-state index contributed by atoms with van der Waals surface area (Å²) in [4.78, 5) is 22.4. The van der Waals surface area contributed by atoms with Crippen molar-refractivity contribution in [3.8, 4) is 5.75 Å². The minimum atomic E-state index is -0.615. The van der Waals surface area contributed by atoms with Gasteiger partial charge in [0.1, 0.15) is 5.60 Å². The third kappa shape index (κ3) is 3.69. The fourth-order valence-corrected chi connectivity index (χ4v) is 1.59. The van der Waals surface area contributed by atoms with E-state index in [0.29, 0.717) is 0 Å². The first-order chi connectivity index (χ1) is 9.26. The molecule has 6 nitrogen and oxygen atoms in total. The van der Waals surface area contributed by atoms with E-state index in [-0.39, 0.29) is 23.1 Å². The molecule has 0 aliphatic heterocycles. The molecule has 0 heterocycles. The summed E-state index contributed by atoms with van der Waals surface area (Å²) in [5, 5.41) is 10.9. The molecule has 0 aromatic heterocycles. The van der Waals surface area contributed by atoms with Gasteiger partial charge >= 0.3 is 11.7 Å². The van der Waals surface area contributed by atoms with Gasteiger partial charge in [-0.2, -0.15) is 0 Å². The molecule has 6 heteroatoms. The Morgan fingerprint density at radius 1 is 1.35 bits per heavy atom. The van der Waals surface area contributed by atoms with Crippen molar-refractivity contribution in [3.05, 3.63) is 33.9 Å². The predicted molar refractivity (Wildman–Crippen MR) is 71.9 cm³/mol. The highest BCUT2D eigenvalue weighted by Crippen LogP contribution is 2.34. The summed E-state index contributed by atoms with van der Waals surface area (Å²) >= 11 is 0. The highest BCUT2D eigenvalue weighted by atomic mass is 16.6. The van der Waals surface area contributed by atoms with Gasteiger partial charge in [0.25, 0.3) is 0 Å². The summed E-state index contributed by atoms with van der Waals surface area (Å²) in [7, 11) is 0. The van der Waals surface area contributed by atoms with Gasteiger partial charge in [-0.05, 0) is 39.7 Å². The molecule has 0 radical (unpaired) electrons. The van der Waals surface area contributed by atoms with Crippen LogP contribution in [0, 0.1) is 10.1 Å². The lowest BCUT2D eigenvalue weighted by Gasteiger charge is -2.19. The van der Waals surface area contributed by atoms with Gasteiger partial charge in [-0.25, -0.2) is 4.79 Å². The molecular weight excluding hydrogens is 262 g/mol. The first-order valence-electron chi connectivity index (χ1n) is 6.45. The fourth-order valence-electron chi connectivity index (χ4n) is 1.59. The smallest absolute Gasteiger partial charge is 0.338 e. The van der Waals surface area contributed by atoms with Crippen LogP contribution in [0.1, 0.15) is 44.0 Å². The highest BCUT2D eigenvalue weighted by molar-refractivity contribution is 5.90. The zero-order chi connectivity index (χ0) is 14.9. The molecule has 2 rings (SSSR count). The van der Waals surface area contributed by atoms with Crippen molar-refractivity contribution < 1.29 is 19.2 Å². The van der Waals surface area contributed by atoms with Crippen LogP contribution >= 0.6 is 0 Å². The number of esters is 1. The van der Waals surface area contributed by atoms with E-state index in [4.69, 9.17) is 9.47 Å². The van der Waals surface area contributed by atoms with Gasteiger partial charge in [-0.15, -0.1) is 0 Å². The lowest BCUT2D eigenvalue weighted by atomic mass is 10.1. The van der Waals surface area contributed by atoms with Crippen molar-refractivity contribution in [1.29, 1.82) is 0 Å². The molecule has 0 amide bonds. The Balaban J connectivity index is 2.26. The van der Waals surface area contributed by atoms with Crippen LogP contribution in [-0.4, -0.2) is 22.6 Å². The number of hydrogen-bond acceptors (Lipinski definition) is 5. The Morgan fingerprint density at radius 2 is 2.00 bits per heavy atom. The maximum absolute atomic E-state index is 11.9. The number of rotatable bonds is 4. The Labute approximate surface area is 116 Å². The van der Waals surface area contributed by atoms with Crippen LogP contribution in [0.4, 0.5) is 5.69 Å². The average Bonchev–Trinajstić information content (AvgIpc) is 3.10. The van der Waals surface area contributed by atoms with Gasteiger partial charge in [-0.3, -0.25) is 10.1 Å². The highest BCUT2D eigenvalue weighted by Gasteiger charge is 2.28. The maximum atomic E-state index is 11.9. The van der Waals surface area contributed by atoms with Crippen molar-refractivity contribution in [3.63, 3.8) is 0 Å². The number of hydrogen-bond donors (Lipinski definition) is 0. The molecule has 0 atom stereocenters. The van der Waals surface area contributed by atoms with E-state index in [0.717, 1.165) is 12.8 Å². The number of ether oxygens (including phenoxy) is 2. The van der Waals surface area contributed by atoms with Crippen LogP contribution in [0.15, 0.2) is 18.2 Å². The zero-order valence-electron chi connectivity index (χ0n) is 11.7. The summed E-state index contributed by atoms with van der Waals surface area (Å²) in [6.07, 6.45) is 1.78. The third-order valence-electron chi connectivity index (χ3n) is 2.61. The number of carbonyl (C=O) groups is 1. The quantitative estimate of drug-likeness (QED) is 0.480. The van der Waals surface area contributed by atoms with Crippen molar-refractivity contribution in [2.45, 2.75) is 45.3 Å². The maximum Gasteiger partial charge on any atom is 0.338 e. The molecule has 1 fully saturated rings. The second kappa shape index (κ2) is 5.11. The van der Waals surface area contributed by atoms with Gasteiger partial charge in [0.2, 0.25) is 0 Å². The first-order valence-corrected chi connectivity index (χ1v) is 6.45. The van der Waals surface area contributed by atoms with Crippen molar-refractivity contribution in [2.24, 2.45) is 0 Å². The van der Waals surface area contributed by atoms with Crippen molar-refractivity contribution >= 4 is 11.7 Å². The minimum Gasteiger partial charge on any atom is -0.483 e. The van der Waals surface area contributed by atoms with Crippen molar-refractivity contribution in [1.82, 2.24) is 0 Å². The van der Waals surface area contributed by atoms with E-state index in [1.807, 2.05) is 0 Å². The van der Waals surface area contributed by atoms with E-state index < -0.39 is 16.5 Å². The molecule has 0 spiro atoms. The summed E-state index contributed by atoms with van der Waals surface area (Å²) in [5.74, 6) is -0.395. The Kier molecular flexibility index (Phi) is 3.65. The average molecular weight is 279 g/mol. The summed E-state index contributed by atoms with van der Waals surface area (Å²) in [6.45, 7) is 5.29. The standard InChI is InChI=1S/C14H17NO5/c1-14(2,3)20-13(16)9-4-7-11(15(17)18)12(8-9)19-10-5-6-10/h4,7-8,10H,5-6H2,1-3H3. The number of nitrogens with zero attached hydrogens (tertiary/aromatic N) is 1. The van der Waals surface area contributed by atoms with E-state index >= 15 is 0 Å². The van der Waals surface area contributed by atoms with E-state index in [1.165, 1.54) is 18.2 Å². The third-order valence-corrected chi connectivity index (χ3v) is 2.61. The molecule has 0 N–H and O–H groups in total. The van der Waals surface area contributed by atoms with Crippen LogP contribution < -0.4 is 4.74 Å². The molecule has 1 aliphatic rings. The topological polar surface area (TPSA) is 78.7 Å². The monoisotopic (exact) mass is 279 g/mol. The van der Waals surface area contributed by atoms with E-state index in [2.05, 4.69) is 0 Å². The van der Waals surface area contributed by atoms with E-state index in [9.17, 15) is 14.9 Å². The number of carbonyl (C=O) groups excluding carboxylic acids is 1. The number of benzene rings is 1. The van der Waals surface area contributed by atoms with Crippen LogP contribution in [0.2, 0.25) is 0 Å². The normalized spacial score (nSPS) is 14.8. The van der Waals surface area contributed by atoms with Crippen LogP contribution in [0.3, 0.4) is 0 Å². The van der Waals surface area contributed by atoms with E-state index in [1.54, 1.807) is 20.8 Å². The Hall–Kier alpha value is -2.11. The Morgan fingerprint density at radius 3 is 2.50 bits per heavy atom. The molecule has 0 unspecified atom stereocenters. The lowest BCUT2D eigenvalue weighted by Crippen LogP contribution is -2.23. The largest absolute Gasteiger partial charge is 0.483 e. The van der Waals surface area contributed by atoms with Gasteiger partial charge in [0.15, 0.2) is 5.75 Å². The van der Waals surface area contributed by atoms with Crippen LogP contribution in [0.5, 0.6) is 5.75 Å². The molecule has 1 aromatic rings. The second-order valence-corrected chi connectivity index (χ2v) is 5.76. The Bertz CT molecular complexity index is 543. The SMILES string of the molecule is CC(C)(C)OC(=O)c1ccc([N+](=O)[O-])c(OC2CC2)c1. The summed E-state index contributed by atoms with van der Waals surface area (Å²) in [6, 6.07) is 4.04. The minimum absolute atomic E-state index is 0.0163. The van der Waals surface area contributed by atoms with Crippen molar-refractivity contribution in [2.75, 3.05) is 0 Å². The zero-order valence-corrected chi connectivity index (χ0v) is 11.7. The molecule has 108 valence electrons. The van der Waals surface area contributed by atoms with Crippen LogP contribution in [0.25, 0.3) is 0 Å². The molecule has 1 saturated carbocycles. The number of nitro groups is 1. The van der Waals surface area contributed by atoms with Gasteiger partial charge < -0.3 is 9.47 Å². The molecule has 1 aromatic carbocycles. The summed E-state index contributed by atoms with van der Waals surface area (Å²) in [5.41, 5.74) is -0.499. The summed E-state index contributed by atoms with van der Waals surface area (Å²) < 4.78 is 10.7. The first kappa shape index (κ1) is 14.3. The second-order valence-electron chi connectivity index (χ2n) is 5.76. The molecular formula is C14H17NO5. The lowest BCUT2D eigenvalue weighted by molar-refractivity contribution is -0.385. The molecule has 20 heavy (non-hydrogen) atoms. The van der Waals surface area contributed by atoms with Gasteiger partial charge in [0.05, 0.1) is 16.6 Å².